The van der Waals surface area contributed by atoms with Gasteiger partial charge in [0.25, 0.3) is 5.91 Å². The molecule has 2 aliphatic heterocycles. The number of hydrogen-bond donors (Lipinski definition) is 2. The standard InChI is InChI=1S/C18H18BrF3N4O6S/c1-6-10(19)13(18(20,21)22)24-26(6)7(2)14(28)23-11-15(29)25-12(17(30)31)9(4-32-8(3)27)5-33-16(11)25/h7,11,16H,4-5H2,1-3H3,(H,23,28)(H,30,31)/t7-,11-,16-/m0/s1. The van der Waals surface area contributed by atoms with Gasteiger partial charge in [-0.1, -0.05) is 0 Å². The third kappa shape index (κ3) is 4.60. The number of carboxylic acids is 1. The molecule has 0 aromatic carbocycles. The zero-order chi connectivity index (χ0) is 24.8. The molecule has 10 nitrogen and oxygen atoms in total. The normalized spacial score (nSPS) is 21.3. The van der Waals surface area contributed by atoms with Crippen molar-refractivity contribution < 1.29 is 42.2 Å². The van der Waals surface area contributed by atoms with Crippen LogP contribution in [0.15, 0.2) is 15.7 Å². The van der Waals surface area contributed by atoms with Crippen LogP contribution in [0.4, 0.5) is 13.2 Å². The smallest absolute Gasteiger partial charge is 0.436 e. The van der Waals surface area contributed by atoms with Crippen molar-refractivity contribution in [2.45, 2.75) is 44.4 Å². The Labute approximate surface area is 197 Å². The molecule has 2 aliphatic rings. The van der Waals surface area contributed by atoms with E-state index in [1.54, 1.807) is 0 Å². The summed E-state index contributed by atoms with van der Waals surface area (Å²) in [6.07, 6.45) is -4.72. The zero-order valence-corrected chi connectivity index (χ0v) is 19.8. The molecule has 1 fully saturated rings. The van der Waals surface area contributed by atoms with Gasteiger partial charge in [0.05, 0.1) is 10.2 Å². The molecule has 0 spiro atoms. The number of rotatable bonds is 6. The Balaban J connectivity index is 1.76. The van der Waals surface area contributed by atoms with Crippen molar-refractivity contribution in [1.82, 2.24) is 20.0 Å². The van der Waals surface area contributed by atoms with Gasteiger partial charge in [-0.3, -0.25) is 24.0 Å². The number of alkyl halides is 3. The summed E-state index contributed by atoms with van der Waals surface area (Å²) in [5, 5.41) is 14.8. The van der Waals surface area contributed by atoms with E-state index in [-0.39, 0.29) is 33.8 Å². The fourth-order valence-corrected chi connectivity index (χ4v) is 5.24. The van der Waals surface area contributed by atoms with E-state index >= 15 is 0 Å². The van der Waals surface area contributed by atoms with E-state index in [1.807, 2.05) is 0 Å². The minimum absolute atomic E-state index is 0.0739. The highest BCUT2D eigenvalue weighted by molar-refractivity contribution is 9.10. The average Bonchev–Trinajstić information content (AvgIpc) is 3.03. The maximum absolute atomic E-state index is 13.1. The number of aliphatic carboxylic acids is 1. The van der Waals surface area contributed by atoms with Crippen LogP contribution in [0.3, 0.4) is 0 Å². The molecular weight excluding hydrogens is 537 g/mol. The first-order valence-electron chi connectivity index (χ1n) is 9.41. The predicted molar refractivity (Wildman–Crippen MR) is 111 cm³/mol. The van der Waals surface area contributed by atoms with Gasteiger partial charge in [0.15, 0.2) is 5.69 Å². The Bertz CT molecular complexity index is 1070. The second-order valence-electron chi connectivity index (χ2n) is 7.30. The second kappa shape index (κ2) is 9.00. The molecule has 0 bridgehead atoms. The van der Waals surface area contributed by atoms with Crippen molar-refractivity contribution in [3.63, 3.8) is 0 Å². The highest BCUT2D eigenvalue weighted by Gasteiger charge is 2.54. The molecule has 15 heteroatoms. The van der Waals surface area contributed by atoms with Crippen LogP contribution in [-0.2, 0) is 30.1 Å². The van der Waals surface area contributed by atoms with Crippen LogP contribution in [0.2, 0.25) is 0 Å². The van der Waals surface area contributed by atoms with Crippen molar-refractivity contribution >= 4 is 51.4 Å². The molecule has 3 rings (SSSR count). The highest BCUT2D eigenvalue weighted by Crippen LogP contribution is 2.41. The summed E-state index contributed by atoms with van der Waals surface area (Å²) in [6.45, 7) is 3.57. The zero-order valence-electron chi connectivity index (χ0n) is 17.4. The molecule has 0 saturated carbocycles. The molecule has 0 aliphatic carbocycles. The molecule has 2 N–H and O–H groups in total. The Hall–Kier alpha value is -2.55. The number of hydrogen-bond acceptors (Lipinski definition) is 7. The lowest BCUT2D eigenvalue weighted by Crippen LogP contribution is -2.71. The number of carbonyl (C=O) groups is 4. The van der Waals surface area contributed by atoms with Gasteiger partial charge >= 0.3 is 18.1 Å². The van der Waals surface area contributed by atoms with Crippen molar-refractivity contribution in [2.24, 2.45) is 0 Å². The molecule has 180 valence electrons. The lowest BCUT2D eigenvalue weighted by atomic mass is 10.0. The Kier molecular flexibility index (Phi) is 6.84. The first-order chi connectivity index (χ1) is 15.3. The number of esters is 1. The van der Waals surface area contributed by atoms with E-state index in [2.05, 4.69) is 26.3 Å². The maximum atomic E-state index is 13.1. The summed E-state index contributed by atoms with van der Waals surface area (Å²) >= 11 is 4.01. The molecule has 3 atom stereocenters. The molecule has 1 aromatic heterocycles. The largest absolute Gasteiger partial charge is 0.477 e. The quantitative estimate of drug-likeness (QED) is 0.402. The molecule has 33 heavy (non-hydrogen) atoms. The number of carbonyl (C=O) groups excluding carboxylic acids is 3. The maximum Gasteiger partial charge on any atom is 0.436 e. The van der Waals surface area contributed by atoms with E-state index in [9.17, 15) is 37.5 Å². The monoisotopic (exact) mass is 554 g/mol. The van der Waals surface area contributed by atoms with Gasteiger partial charge in [0.2, 0.25) is 5.91 Å². The lowest BCUT2D eigenvalue weighted by Gasteiger charge is -2.49. The molecule has 0 radical (unpaired) electrons. The van der Waals surface area contributed by atoms with Crippen LogP contribution in [0.25, 0.3) is 0 Å². The number of nitrogens with one attached hydrogen (secondary N) is 1. The number of carboxylic acid groups (broad SMARTS) is 1. The average molecular weight is 555 g/mol. The summed E-state index contributed by atoms with van der Waals surface area (Å²) in [7, 11) is 0. The summed E-state index contributed by atoms with van der Waals surface area (Å²) in [4.78, 5) is 49.1. The number of ether oxygens (including phenoxy) is 1. The number of thioether (sulfide) groups is 1. The van der Waals surface area contributed by atoms with E-state index in [0.29, 0.717) is 0 Å². The van der Waals surface area contributed by atoms with Crippen molar-refractivity contribution in [3.8, 4) is 0 Å². The molecule has 2 amide bonds. The summed E-state index contributed by atoms with van der Waals surface area (Å²) in [6, 6.07) is -2.25. The number of halogens is 4. The number of amides is 2. The predicted octanol–water partition coefficient (Wildman–Crippen LogP) is 1.84. The van der Waals surface area contributed by atoms with Crippen LogP contribution in [0, 0.1) is 6.92 Å². The first-order valence-corrected chi connectivity index (χ1v) is 11.2. The third-order valence-corrected chi connectivity index (χ3v) is 7.38. The minimum Gasteiger partial charge on any atom is -0.477 e. The minimum atomic E-state index is -4.72. The van der Waals surface area contributed by atoms with E-state index < -0.39 is 53.1 Å². The van der Waals surface area contributed by atoms with Gasteiger partial charge in [0.1, 0.15) is 29.8 Å². The number of fused-ring (bicyclic) bond motifs is 1. The summed E-state index contributed by atoms with van der Waals surface area (Å²) < 4.78 is 44.8. The van der Waals surface area contributed by atoms with E-state index in [4.69, 9.17) is 4.74 Å². The van der Waals surface area contributed by atoms with Crippen molar-refractivity contribution in [2.75, 3.05) is 12.4 Å². The van der Waals surface area contributed by atoms with Crippen molar-refractivity contribution in [3.05, 3.63) is 27.1 Å². The Morgan fingerprint density at radius 3 is 2.55 bits per heavy atom. The lowest BCUT2D eigenvalue weighted by molar-refractivity contribution is -0.151. The summed E-state index contributed by atoms with van der Waals surface area (Å²) in [5.74, 6) is -3.30. The fourth-order valence-electron chi connectivity index (χ4n) is 3.42. The molecule has 3 heterocycles. The highest BCUT2D eigenvalue weighted by atomic mass is 79.9. The van der Waals surface area contributed by atoms with Gasteiger partial charge in [-0.05, 0) is 29.8 Å². The van der Waals surface area contributed by atoms with E-state index in [1.165, 1.54) is 32.5 Å². The van der Waals surface area contributed by atoms with Crippen LogP contribution in [-0.4, -0.2) is 67.3 Å². The van der Waals surface area contributed by atoms with Gasteiger partial charge in [-0.15, -0.1) is 11.8 Å². The first kappa shape index (κ1) is 25.1. The Morgan fingerprint density at radius 2 is 2.03 bits per heavy atom. The molecule has 1 saturated heterocycles. The van der Waals surface area contributed by atoms with Crippen LogP contribution >= 0.6 is 27.7 Å². The SMILES string of the molecule is CC(=O)OCC1=C(C(=O)O)N2C(=O)[C@H](NC(=O)[C@H](C)n3nc(C(F)(F)F)c(Br)c3C)[C@@H]2SC1. The molecule has 1 aromatic rings. The van der Waals surface area contributed by atoms with Gasteiger partial charge in [0, 0.05) is 18.2 Å². The second-order valence-corrected chi connectivity index (χ2v) is 9.20. The number of nitrogens with zero attached hydrogens (tertiary/aromatic N) is 3. The topological polar surface area (TPSA) is 131 Å². The Morgan fingerprint density at radius 1 is 1.39 bits per heavy atom. The van der Waals surface area contributed by atoms with Crippen molar-refractivity contribution in [1.29, 1.82) is 0 Å². The fraction of sp³-hybridized carbons (Fsp3) is 0.500. The van der Waals surface area contributed by atoms with E-state index in [0.717, 1.165) is 9.58 Å². The molecular formula is C18H18BrF3N4O6S. The summed E-state index contributed by atoms with van der Waals surface area (Å²) in [5.41, 5.74) is -1.18. The molecule has 0 unspecified atom stereocenters. The third-order valence-electron chi connectivity index (χ3n) is 5.09. The number of aromatic nitrogens is 2. The van der Waals surface area contributed by atoms with Gasteiger partial charge in [-0.25, -0.2) is 4.79 Å². The van der Waals surface area contributed by atoms with Gasteiger partial charge in [-0.2, -0.15) is 18.3 Å². The van der Waals surface area contributed by atoms with Crippen LogP contribution in [0.5, 0.6) is 0 Å². The number of β-lactam (4-membered cyclic amide) rings is 1. The van der Waals surface area contributed by atoms with Crippen LogP contribution in [0.1, 0.15) is 31.3 Å². The van der Waals surface area contributed by atoms with Crippen LogP contribution < -0.4 is 5.32 Å². The van der Waals surface area contributed by atoms with Gasteiger partial charge < -0.3 is 15.2 Å².